The van der Waals surface area contributed by atoms with E-state index in [1.54, 1.807) is 39.0 Å². The highest BCUT2D eigenvalue weighted by atomic mass is 35.5. The Morgan fingerprint density at radius 2 is 1.63 bits per heavy atom. The average Bonchev–Trinajstić information content (AvgIpc) is 2.86. The summed E-state index contributed by atoms with van der Waals surface area (Å²) in [7, 11) is 0. The molecule has 4 N–H and O–H groups in total. The van der Waals surface area contributed by atoms with Crippen molar-refractivity contribution in [3.05, 3.63) is 63.7 Å². The number of primary amides is 1. The quantitative estimate of drug-likeness (QED) is 0.273. The van der Waals surface area contributed by atoms with Crippen molar-refractivity contribution in [2.45, 2.75) is 91.8 Å². The first-order valence-corrected chi connectivity index (χ1v) is 14.2. The zero-order chi connectivity index (χ0) is 30.9. The summed E-state index contributed by atoms with van der Waals surface area (Å²) in [5.74, 6) is -1.88. The lowest BCUT2D eigenvalue weighted by Crippen LogP contribution is -2.53. The van der Waals surface area contributed by atoms with Crippen LogP contribution >= 0.6 is 11.6 Å². The van der Waals surface area contributed by atoms with Gasteiger partial charge in [0.1, 0.15) is 17.7 Å². The fourth-order valence-corrected chi connectivity index (χ4v) is 4.72. The summed E-state index contributed by atoms with van der Waals surface area (Å²) < 4.78 is 5.34. The van der Waals surface area contributed by atoms with Gasteiger partial charge in [-0.3, -0.25) is 14.4 Å². The topological polar surface area (TPSA) is 131 Å². The summed E-state index contributed by atoms with van der Waals surface area (Å²) in [4.78, 5) is 54.5. The Labute approximate surface area is 248 Å². The number of nitrogens with two attached hydrogens (primary N) is 1. The minimum atomic E-state index is -1.34. The second-order valence-corrected chi connectivity index (χ2v) is 11.6. The van der Waals surface area contributed by atoms with Gasteiger partial charge in [0.15, 0.2) is 0 Å². The summed E-state index contributed by atoms with van der Waals surface area (Å²) in [6.45, 7) is 12.9. The molecule has 9 nitrogen and oxygen atoms in total. The van der Waals surface area contributed by atoms with Crippen LogP contribution in [-0.4, -0.2) is 46.9 Å². The number of hydrogen-bond acceptors (Lipinski definition) is 5. The fourth-order valence-electron chi connectivity index (χ4n) is 4.45. The third-order valence-electron chi connectivity index (χ3n) is 6.65. The second kappa shape index (κ2) is 14.9. The van der Waals surface area contributed by atoms with Gasteiger partial charge < -0.3 is 26.0 Å². The molecule has 2 aromatic carbocycles. The zero-order valence-corrected chi connectivity index (χ0v) is 25.9. The van der Waals surface area contributed by atoms with E-state index < -0.39 is 47.9 Å². The highest BCUT2D eigenvalue weighted by molar-refractivity contribution is 6.34. The van der Waals surface area contributed by atoms with Crippen molar-refractivity contribution < 1.29 is 23.9 Å². The molecule has 0 radical (unpaired) electrons. The highest BCUT2D eigenvalue weighted by Crippen LogP contribution is 2.32. The maximum Gasteiger partial charge on any atom is 0.408 e. The maximum atomic E-state index is 14.2. The number of alkyl carbamates (subject to hydrolysis) is 1. The number of amides is 4. The number of rotatable bonds is 12. The Kier molecular flexibility index (Phi) is 12.2. The SMILES string of the molecule is CCCCCN(C(=O)C(CC(N)=O)NC(=O)OC(C)(C)C)C(C(=O)Nc1c(C)cccc1Cl)c1cccc(C)c1C. The van der Waals surface area contributed by atoms with Crippen LogP contribution in [0.5, 0.6) is 0 Å². The Bertz CT molecular complexity index is 1240. The van der Waals surface area contributed by atoms with Crippen LogP contribution in [0.4, 0.5) is 10.5 Å². The molecule has 0 aliphatic rings. The maximum absolute atomic E-state index is 14.2. The van der Waals surface area contributed by atoms with Gasteiger partial charge in [-0.15, -0.1) is 0 Å². The van der Waals surface area contributed by atoms with Crippen molar-refractivity contribution >= 4 is 41.1 Å². The molecule has 0 saturated heterocycles. The van der Waals surface area contributed by atoms with E-state index in [0.717, 1.165) is 29.5 Å². The number of unbranched alkanes of at least 4 members (excludes halogenated alkanes) is 2. The zero-order valence-electron chi connectivity index (χ0n) is 25.1. The lowest BCUT2D eigenvalue weighted by molar-refractivity contribution is -0.142. The van der Waals surface area contributed by atoms with Crippen molar-refractivity contribution in [2.24, 2.45) is 5.73 Å². The number of hydrogen-bond donors (Lipinski definition) is 3. The number of aryl methyl sites for hydroxylation is 2. The highest BCUT2D eigenvalue weighted by Gasteiger charge is 2.37. The van der Waals surface area contributed by atoms with Crippen LogP contribution in [0.15, 0.2) is 36.4 Å². The molecule has 0 bridgehead atoms. The van der Waals surface area contributed by atoms with Crippen molar-refractivity contribution in [3.8, 4) is 0 Å². The molecule has 4 amide bonds. The Morgan fingerprint density at radius 1 is 1.00 bits per heavy atom. The molecular formula is C31H43ClN4O5. The average molecular weight is 587 g/mol. The van der Waals surface area contributed by atoms with E-state index in [9.17, 15) is 19.2 Å². The van der Waals surface area contributed by atoms with Gasteiger partial charge in [0.2, 0.25) is 11.8 Å². The number of para-hydroxylation sites is 1. The molecule has 0 aliphatic heterocycles. The van der Waals surface area contributed by atoms with Crippen molar-refractivity contribution in [2.75, 3.05) is 11.9 Å². The van der Waals surface area contributed by atoms with Crippen molar-refractivity contribution in [1.82, 2.24) is 10.2 Å². The fraction of sp³-hybridized carbons (Fsp3) is 0.484. The molecule has 41 heavy (non-hydrogen) atoms. The van der Waals surface area contributed by atoms with E-state index in [2.05, 4.69) is 10.6 Å². The van der Waals surface area contributed by atoms with Crippen LogP contribution in [0.2, 0.25) is 5.02 Å². The van der Waals surface area contributed by atoms with Gasteiger partial charge in [0.25, 0.3) is 5.91 Å². The normalized spacial score (nSPS) is 12.7. The van der Waals surface area contributed by atoms with Crippen molar-refractivity contribution in [3.63, 3.8) is 0 Å². The molecule has 10 heteroatoms. The lowest BCUT2D eigenvalue weighted by Gasteiger charge is -2.35. The molecule has 0 heterocycles. The number of nitrogens with zero attached hydrogens (tertiary/aromatic N) is 1. The summed E-state index contributed by atoms with van der Waals surface area (Å²) in [5, 5.41) is 5.80. The van der Waals surface area contributed by atoms with E-state index in [0.29, 0.717) is 22.7 Å². The number of nitrogens with one attached hydrogen (secondary N) is 2. The molecule has 224 valence electrons. The van der Waals surface area contributed by atoms with Gasteiger partial charge in [-0.1, -0.05) is 61.7 Å². The Balaban J connectivity index is 2.65. The number of benzene rings is 2. The molecule has 2 unspecified atom stereocenters. The molecule has 2 rings (SSSR count). The van der Waals surface area contributed by atoms with Gasteiger partial charge >= 0.3 is 6.09 Å². The third-order valence-corrected chi connectivity index (χ3v) is 6.97. The van der Waals surface area contributed by atoms with Crippen LogP contribution in [0.3, 0.4) is 0 Å². The van der Waals surface area contributed by atoms with Crippen LogP contribution in [0, 0.1) is 20.8 Å². The standard InChI is InChI=1S/C31H43ClN4O5/c1-8-9-10-17-36(29(39)24(18-25(33)37)34-30(40)41-31(5,6)7)27(22-15-11-13-19(2)21(22)4)28(38)35-26-20(3)14-12-16-23(26)32/h11-16,24,27H,8-10,17-18H2,1-7H3,(H2,33,37)(H,34,40)(H,35,38). The molecule has 0 spiro atoms. The third kappa shape index (κ3) is 9.78. The summed E-state index contributed by atoms with van der Waals surface area (Å²) in [6, 6.07) is 8.41. The van der Waals surface area contributed by atoms with Crippen LogP contribution in [-0.2, 0) is 19.1 Å². The smallest absolute Gasteiger partial charge is 0.408 e. The molecule has 0 saturated carbocycles. The number of carbonyl (C=O) groups is 4. The first kappa shape index (κ1) is 33.6. The molecular weight excluding hydrogens is 544 g/mol. The van der Waals surface area contributed by atoms with Gasteiger partial charge in [0.05, 0.1) is 17.1 Å². The monoisotopic (exact) mass is 586 g/mol. The number of carbonyl (C=O) groups excluding carboxylic acids is 4. The molecule has 0 aliphatic carbocycles. The predicted molar refractivity (Wildman–Crippen MR) is 162 cm³/mol. The van der Waals surface area contributed by atoms with E-state index in [1.165, 1.54) is 4.90 Å². The number of anilines is 1. The van der Waals surface area contributed by atoms with Crippen LogP contribution in [0.1, 0.15) is 81.7 Å². The first-order valence-electron chi connectivity index (χ1n) is 13.9. The van der Waals surface area contributed by atoms with Gasteiger partial charge in [0, 0.05) is 6.54 Å². The lowest BCUT2D eigenvalue weighted by atomic mass is 9.94. The van der Waals surface area contributed by atoms with Gasteiger partial charge in [-0.05, 0) is 76.3 Å². The van der Waals surface area contributed by atoms with E-state index in [-0.39, 0.29) is 6.54 Å². The first-order chi connectivity index (χ1) is 19.2. The second-order valence-electron chi connectivity index (χ2n) is 11.2. The minimum Gasteiger partial charge on any atom is -0.444 e. The minimum absolute atomic E-state index is 0.199. The number of ether oxygens (including phenoxy) is 1. The Morgan fingerprint density at radius 3 is 2.22 bits per heavy atom. The largest absolute Gasteiger partial charge is 0.444 e. The summed E-state index contributed by atoms with van der Waals surface area (Å²) >= 11 is 6.44. The van der Waals surface area contributed by atoms with Gasteiger partial charge in [-0.2, -0.15) is 0 Å². The Hall–Kier alpha value is -3.59. The number of halogens is 1. The van der Waals surface area contributed by atoms with Crippen LogP contribution in [0.25, 0.3) is 0 Å². The summed E-state index contributed by atoms with van der Waals surface area (Å²) in [5.41, 5.74) is 8.24. The van der Waals surface area contributed by atoms with E-state index in [1.807, 2.05) is 45.9 Å². The van der Waals surface area contributed by atoms with E-state index in [4.69, 9.17) is 22.1 Å². The van der Waals surface area contributed by atoms with Gasteiger partial charge in [-0.25, -0.2) is 4.79 Å². The molecule has 2 atom stereocenters. The van der Waals surface area contributed by atoms with Crippen molar-refractivity contribution in [1.29, 1.82) is 0 Å². The van der Waals surface area contributed by atoms with E-state index >= 15 is 0 Å². The predicted octanol–water partition coefficient (Wildman–Crippen LogP) is 5.73. The molecule has 2 aromatic rings. The molecule has 0 fully saturated rings. The summed E-state index contributed by atoms with van der Waals surface area (Å²) in [6.07, 6.45) is 0.937. The van der Waals surface area contributed by atoms with Crippen LogP contribution < -0.4 is 16.4 Å². The molecule has 0 aromatic heterocycles.